The lowest BCUT2D eigenvalue weighted by molar-refractivity contribution is 0.395. The first-order chi connectivity index (χ1) is 11.0. The zero-order valence-electron chi connectivity index (χ0n) is 13.5. The molecular formula is C17H18ClN3O2. The number of hydrogen-bond acceptors (Lipinski definition) is 4. The Morgan fingerprint density at radius 2 is 1.83 bits per heavy atom. The molecule has 3 rings (SSSR count). The molecule has 0 atom stereocenters. The van der Waals surface area contributed by atoms with Crippen LogP contribution in [-0.4, -0.2) is 37.7 Å². The fourth-order valence-corrected chi connectivity index (χ4v) is 2.68. The fraction of sp³-hybridized carbons (Fsp3) is 0.235. The van der Waals surface area contributed by atoms with Crippen LogP contribution >= 0.6 is 11.6 Å². The van der Waals surface area contributed by atoms with Crippen molar-refractivity contribution in [1.29, 1.82) is 0 Å². The Bertz CT molecular complexity index is 858. The van der Waals surface area contributed by atoms with Crippen molar-refractivity contribution in [2.24, 2.45) is 0 Å². The Morgan fingerprint density at radius 1 is 1.09 bits per heavy atom. The Balaban J connectivity index is 2.14. The molecule has 0 aliphatic carbocycles. The lowest BCUT2D eigenvalue weighted by Crippen LogP contribution is -2.08. The zero-order valence-corrected chi connectivity index (χ0v) is 14.3. The van der Waals surface area contributed by atoms with E-state index in [0.717, 1.165) is 22.6 Å². The fourth-order valence-electron chi connectivity index (χ4n) is 2.44. The predicted molar refractivity (Wildman–Crippen MR) is 93.1 cm³/mol. The second-order valence-electron chi connectivity index (χ2n) is 5.36. The molecule has 0 aliphatic heterocycles. The molecule has 0 unspecified atom stereocenters. The monoisotopic (exact) mass is 331 g/mol. The van der Waals surface area contributed by atoms with Gasteiger partial charge >= 0.3 is 0 Å². The van der Waals surface area contributed by atoms with Crippen molar-refractivity contribution >= 4 is 22.9 Å². The number of nitrogens with zero attached hydrogens (tertiary/aromatic N) is 3. The number of rotatable bonds is 4. The first-order valence-electron chi connectivity index (χ1n) is 7.11. The van der Waals surface area contributed by atoms with Gasteiger partial charge in [-0.1, -0.05) is 11.6 Å². The number of hydrogen-bond donors (Lipinski definition) is 0. The van der Waals surface area contributed by atoms with Crippen molar-refractivity contribution in [1.82, 2.24) is 9.38 Å². The average molecular weight is 332 g/mol. The van der Waals surface area contributed by atoms with Gasteiger partial charge in [0.1, 0.15) is 17.1 Å². The van der Waals surface area contributed by atoms with Crippen molar-refractivity contribution in [3.63, 3.8) is 0 Å². The summed E-state index contributed by atoms with van der Waals surface area (Å²) in [5, 5.41) is 0.523. The Kier molecular flexibility index (Phi) is 4.05. The predicted octanol–water partition coefficient (Wildman–Crippen LogP) is 3.74. The van der Waals surface area contributed by atoms with Gasteiger partial charge in [0.15, 0.2) is 0 Å². The third kappa shape index (κ3) is 2.80. The molecule has 0 amide bonds. The maximum absolute atomic E-state index is 6.25. The quantitative estimate of drug-likeness (QED) is 0.730. The number of pyridine rings is 1. The van der Waals surface area contributed by atoms with Crippen LogP contribution in [0.5, 0.6) is 11.5 Å². The third-order valence-corrected chi connectivity index (χ3v) is 4.01. The smallest absolute Gasteiger partial charge is 0.141 e. The molecule has 2 heterocycles. The van der Waals surface area contributed by atoms with Crippen molar-refractivity contribution in [3.05, 3.63) is 41.7 Å². The first kappa shape index (κ1) is 15.5. The van der Waals surface area contributed by atoms with Gasteiger partial charge in [0.2, 0.25) is 0 Å². The number of methoxy groups -OCH3 is 2. The number of benzene rings is 1. The number of halogens is 1. The van der Waals surface area contributed by atoms with E-state index in [-0.39, 0.29) is 0 Å². The molecular weight excluding hydrogens is 314 g/mol. The van der Waals surface area contributed by atoms with Gasteiger partial charge in [-0.05, 0) is 12.1 Å². The van der Waals surface area contributed by atoms with Crippen LogP contribution in [0.2, 0.25) is 5.02 Å². The summed E-state index contributed by atoms with van der Waals surface area (Å²) in [6.45, 7) is 0. The molecule has 120 valence electrons. The van der Waals surface area contributed by atoms with E-state index in [1.807, 2.05) is 54.0 Å². The molecule has 0 aliphatic rings. The van der Waals surface area contributed by atoms with Gasteiger partial charge in [0.05, 0.1) is 24.9 Å². The van der Waals surface area contributed by atoms with Crippen LogP contribution in [0.4, 0.5) is 5.69 Å². The summed E-state index contributed by atoms with van der Waals surface area (Å²) in [4.78, 5) is 6.73. The van der Waals surface area contributed by atoms with E-state index in [2.05, 4.69) is 4.98 Å². The molecule has 0 fully saturated rings. The van der Waals surface area contributed by atoms with E-state index in [0.29, 0.717) is 16.5 Å². The molecule has 5 nitrogen and oxygen atoms in total. The average Bonchev–Trinajstić information content (AvgIpc) is 2.97. The zero-order chi connectivity index (χ0) is 16.6. The highest BCUT2D eigenvalue weighted by Crippen LogP contribution is 2.38. The summed E-state index contributed by atoms with van der Waals surface area (Å²) in [6.07, 6.45) is 3.94. The Morgan fingerprint density at radius 3 is 2.48 bits per heavy atom. The highest BCUT2D eigenvalue weighted by molar-refractivity contribution is 6.32. The largest absolute Gasteiger partial charge is 0.496 e. The van der Waals surface area contributed by atoms with Crippen molar-refractivity contribution in [2.75, 3.05) is 33.2 Å². The third-order valence-electron chi connectivity index (χ3n) is 3.71. The molecule has 0 spiro atoms. The van der Waals surface area contributed by atoms with Gasteiger partial charge in [-0.2, -0.15) is 0 Å². The number of ether oxygens (including phenoxy) is 2. The van der Waals surface area contributed by atoms with E-state index in [9.17, 15) is 0 Å². The van der Waals surface area contributed by atoms with Gasteiger partial charge in [0, 0.05) is 49.9 Å². The van der Waals surface area contributed by atoms with E-state index in [1.54, 1.807) is 20.3 Å². The van der Waals surface area contributed by atoms with Crippen LogP contribution in [0.1, 0.15) is 0 Å². The second kappa shape index (κ2) is 6.01. The number of aromatic nitrogens is 2. The molecule has 0 bridgehead atoms. The van der Waals surface area contributed by atoms with E-state index >= 15 is 0 Å². The molecule has 2 aromatic heterocycles. The minimum atomic E-state index is 0.523. The molecule has 1 aromatic carbocycles. The van der Waals surface area contributed by atoms with Crippen LogP contribution < -0.4 is 14.4 Å². The van der Waals surface area contributed by atoms with E-state index < -0.39 is 0 Å². The summed E-state index contributed by atoms with van der Waals surface area (Å²) in [5.41, 5.74) is 3.57. The maximum atomic E-state index is 6.25. The summed E-state index contributed by atoms with van der Waals surface area (Å²) < 4.78 is 12.7. The van der Waals surface area contributed by atoms with Gasteiger partial charge in [0.25, 0.3) is 0 Å². The van der Waals surface area contributed by atoms with Gasteiger partial charge in [-0.3, -0.25) is 0 Å². The SMILES string of the molecule is COc1cc(OC)c(-c2cn3ccc(N(C)C)cc3n2)cc1Cl. The maximum Gasteiger partial charge on any atom is 0.141 e. The van der Waals surface area contributed by atoms with Crippen LogP contribution in [-0.2, 0) is 0 Å². The van der Waals surface area contributed by atoms with Crippen molar-refractivity contribution < 1.29 is 9.47 Å². The van der Waals surface area contributed by atoms with Crippen LogP contribution in [0.3, 0.4) is 0 Å². The van der Waals surface area contributed by atoms with E-state index in [4.69, 9.17) is 21.1 Å². The van der Waals surface area contributed by atoms with Crippen LogP contribution in [0.25, 0.3) is 16.9 Å². The summed E-state index contributed by atoms with van der Waals surface area (Å²) in [6, 6.07) is 7.65. The highest BCUT2D eigenvalue weighted by Gasteiger charge is 2.14. The first-order valence-corrected chi connectivity index (χ1v) is 7.49. The Labute approximate surface area is 140 Å². The highest BCUT2D eigenvalue weighted by atomic mass is 35.5. The molecule has 0 N–H and O–H groups in total. The molecule has 0 radical (unpaired) electrons. The number of fused-ring (bicyclic) bond motifs is 1. The van der Waals surface area contributed by atoms with Gasteiger partial charge < -0.3 is 18.8 Å². The standard InChI is InChI=1S/C17H18ClN3O2/c1-20(2)11-5-6-21-10-14(19-17(21)7-11)12-8-13(18)16(23-4)9-15(12)22-3/h5-10H,1-4H3. The van der Waals surface area contributed by atoms with Gasteiger partial charge in [-0.15, -0.1) is 0 Å². The van der Waals surface area contributed by atoms with E-state index in [1.165, 1.54) is 0 Å². The lowest BCUT2D eigenvalue weighted by Gasteiger charge is -2.11. The molecule has 23 heavy (non-hydrogen) atoms. The number of imidazole rings is 1. The van der Waals surface area contributed by atoms with Gasteiger partial charge in [-0.25, -0.2) is 4.98 Å². The second-order valence-corrected chi connectivity index (χ2v) is 5.77. The molecule has 0 saturated carbocycles. The minimum Gasteiger partial charge on any atom is -0.496 e. The van der Waals surface area contributed by atoms with Crippen LogP contribution in [0, 0.1) is 0 Å². The molecule has 0 saturated heterocycles. The lowest BCUT2D eigenvalue weighted by atomic mass is 10.1. The number of anilines is 1. The normalized spacial score (nSPS) is 10.8. The molecule has 6 heteroatoms. The van der Waals surface area contributed by atoms with Crippen molar-refractivity contribution in [3.8, 4) is 22.8 Å². The van der Waals surface area contributed by atoms with Crippen LogP contribution in [0.15, 0.2) is 36.7 Å². The van der Waals surface area contributed by atoms with Crippen molar-refractivity contribution in [2.45, 2.75) is 0 Å². The molecule has 3 aromatic rings. The summed E-state index contributed by atoms with van der Waals surface area (Å²) >= 11 is 6.25. The topological polar surface area (TPSA) is 39.0 Å². The summed E-state index contributed by atoms with van der Waals surface area (Å²) in [5.74, 6) is 1.24. The Hall–Kier alpha value is -2.40. The minimum absolute atomic E-state index is 0.523. The summed E-state index contributed by atoms with van der Waals surface area (Å²) in [7, 11) is 7.20.